The van der Waals surface area contributed by atoms with Gasteiger partial charge in [-0.3, -0.25) is 14.4 Å². The number of anilines is 1. The molecule has 1 N–H and O–H groups in total. The van der Waals surface area contributed by atoms with Gasteiger partial charge in [0.15, 0.2) is 0 Å². The van der Waals surface area contributed by atoms with Gasteiger partial charge in [-0.05, 0) is 42.7 Å². The van der Waals surface area contributed by atoms with Gasteiger partial charge in [0.05, 0.1) is 11.5 Å². The Morgan fingerprint density at radius 2 is 1.68 bits per heavy atom. The van der Waals surface area contributed by atoms with Gasteiger partial charge in [0, 0.05) is 38.7 Å². The van der Waals surface area contributed by atoms with E-state index in [2.05, 4.69) is 5.32 Å². The Morgan fingerprint density at radius 1 is 1.03 bits per heavy atom. The molecule has 0 bridgehead atoms. The number of carbonyl (C=O) groups excluding carboxylic acids is 3. The van der Waals surface area contributed by atoms with Crippen LogP contribution in [0.2, 0.25) is 0 Å². The summed E-state index contributed by atoms with van der Waals surface area (Å²) in [6.07, 6.45) is 1.39. The molecule has 31 heavy (non-hydrogen) atoms. The number of nitrogens with one attached hydrogen (secondary N) is 1. The van der Waals surface area contributed by atoms with Crippen molar-refractivity contribution in [1.82, 2.24) is 10.2 Å². The highest BCUT2D eigenvalue weighted by atomic mass is 19.1. The minimum absolute atomic E-state index is 0.0394. The average molecular weight is 423 g/mol. The number of rotatable bonds is 4. The molecular formula is C24H26FN3O3. The highest BCUT2D eigenvalue weighted by molar-refractivity contribution is 6.00. The molecule has 2 fully saturated rings. The minimum Gasteiger partial charge on any atom is -0.347 e. The molecule has 2 aromatic rings. The summed E-state index contributed by atoms with van der Waals surface area (Å²) in [4.78, 5) is 40.9. The quantitative estimate of drug-likeness (QED) is 0.822. The third-order valence-corrected chi connectivity index (χ3v) is 6.28. The van der Waals surface area contributed by atoms with Crippen LogP contribution in [0.1, 0.15) is 31.7 Å². The maximum absolute atomic E-state index is 13.2. The van der Waals surface area contributed by atoms with Gasteiger partial charge in [0.2, 0.25) is 17.7 Å². The molecule has 6 nitrogen and oxygen atoms in total. The van der Waals surface area contributed by atoms with Gasteiger partial charge >= 0.3 is 0 Å². The maximum atomic E-state index is 13.2. The Hall–Kier alpha value is -3.22. The van der Waals surface area contributed by atoms with E-state index in [0.29, 0.717) is 38.2 Å². The fourth-order valence-corrected chi connectivity index (χ4v) is 4.69. The zero-order chi connectivity index (χ0) is 22.0. The van der Waals surface area contributed by atoms with E-state index >= 15 is 0 Å². The van der Waals surface area contributed by atoms with E-state index in [9.17, 15) is 18.8 Å². The third-order valence-electron chi connectivity index (χ3n) is 6.28. The van der Waals surface area contributed by atoms with Gasteiger partial charge in [0.25, 0.3) is 0 Å². The standard InChI is InChI=1S/C24H26FN3O3/c1-17(29)26-24(19-5-3-2-4-6-19)11-13-27(14-12-24)23(31)18-15-22(30)28(16-18)21-9-7-20(25)8-10-21/h2-10,18H,11-16H2,1H3,(H,26,29). The first-order chi connectivity index (χ1) is 14.9. The normalized spacial score (nSPS) is 20.6. The smallest absolute Gasteiger partial charge is 0.228 e. The van der Waals surface area contributed by atoms with Gasteiger partial charge in [-0.25, -0.2) is 4.39 Å². The Labute approximate surface area is 181 Å². The summed E-state index contributed by atoms with van der Waals surface area (Å²) in [5, 5.41) is 3.11. The summed E-state index contributed by atoms with van der Waals surface area (Å²) in [5.74, 6) is -1.04. The predicted molar refractivity (Wildman–Crippen MR) is 115 cm³/mol. The summed E-state index contributed by atoms with van der Waals surface area (Å²) in [7, 11) is 0. The molecule has 0 aromatic heterocycles. The number of likely N-dealkylation sites (tertiary alicyclic amines) is 1. The summed E-state index contributed by atoms with van der Waals surface area (Å²) in [6.45, 7) is 2.83. The largest absolute Gasteiger partial charge is 0.347 e. The van der Waals surface area contributed by atoms with Crippen LogP contribution in [0.5, 0.6) is 0 Å². The first kappa shape index (κ1) is 21.0. The predicted octanol–water partition coefficient (Wildman–Crippen LogP) is 2.83. The van der Waals surface area contributed by atoms with Crippen molar-refractivity contribution in [3.8, 4) is 0 Å². The van der Waals surface area contributed by atoms with Gasteiger partial charge in [-0.1, -0.05) is 30.3 Å². The molecule has 1 atom stereocenters. The van der Waals surface area contributed by atoms with Crippen molar-refractivity contribution >= 4 is 23.4 Å². The van der Waals surface area contributed by atoms with Crippen LogP contribution < -0.4 is 10.2 Å². The molecular weight excluding hydrogens is 397 g/mol. The highest BCUT2D eigenvalue weighted by Gasteiger charge is 2.42. The van der Waals surface area contributed by atoms with E-state index < -0.39 is 11.5 Å². The Kier molecular flexibility index (Phi) is 5.76. The number of carbonyl (C=O) groups is 3. The van der Waals surface area contributed by atoms with Gasteiger partial charge in [0.1, 0.15) is 5.82 Å². The number of amides is 3. The molecule has 2 aliphatic heterocycles. The van der Waals surface area contributed by atoms with E-state index in [1.807, 2.05) is 30.3 Å². The zero-order valence-electron chi connectivity index (χ0n) is 17.5. The van der Waals surface area contributed by atoms with Crippen LogP contribution in [0.4, 0.5) is 10.1 Å². The van der Waals surface area contributed by atoms with Crippen LogP contribution >= 0.6 is 0 Å². The van der Waals surface area contributed by atoms with Crippen LogP contribution in [0.15, 0.2) is 54.6 Å². The van der Waals surface area contributed by atoms with E-state index in [1.54, 1.807) is 21.9 Å². The molecule has 3 amide bonds. The topological polar surface area (TPSA) is 69.7 Å². The van der Waals surface area contributed by atoms with E-state index in [-0.39, 0.29) is 30.0 Å². The molecule has 2 heterocycles. The van der Waals surface area contributed by atoms with E-state index in [1.165, 1.54) is 19.1 Å². The number of benzene rings is 2. The number of hydrogen-bond acceptors (Lipinski definition) is 3. The molecule has 2 aliphatic rings. The van der Waals surface area contributed by atoms with Crippen molar-refractivity contribution in [2.24, 2.45) is 5.92 Å². The maximum Gasteiger partial charge on any atom is 0.228 e. The highest BCUT2D eigenvalue weighted by Crippen LogP contribution is 2.34. The second-order valence-electron chi connectivity index (χ2n) is 8.34. The lowest BCUT2D eigenvalue weighted by Crippen LogP contribution is -2.54. The Balaban J connectivity index is 1.43. The van der Waals surface area contributed by atoms with Gasteiger partial charge in [-0.2, -0.15) is 0 Å². The molecule has 2 aromatic carbocycles. The molecule has 0 aliphatic carbocycles. The molecule has 1 unspecified atom stereocenters. The van der Waals surface area contributed by atoms with E-state index in [0.717, 1.165) is 5.56 Å². The lowest BCUT2D eigenvalue weighted by Gasteiger charge is -2.43. The zero-order valence-corrected chi connectivity index (χ0v) is 17.5. The van der Waals surface area contributed by atoms with Crippen LogP contribution in [0.3, 0.4) is 0 Å². The average Bonchev–Trinajstić information content (AvgIpc) is 3.16. The summed E-state index contributed by atoms with van der Waals surface area (Å²) in [6, 6.07) is 15.6. The fourth-order valence-electron chi connectivity index (χ4n) is 4.69. The molecule has 162 valence electrons. The molecule has 0 saturated carbocycles. The second kappa shape index (κ2) is 8.49. The SMILES string of the molecule is CC(=O)NC1(c2ccccc2)CCN(C(=O)C2CC(=O)N(c3ccc(F)cc3)C2)CC1. The number of piperidine rings is 1. The third kappa shape index (κ3) is 4.31. The van der Waals surface area contributed by atoms with Crippen LogP contribution in [-0.2, 0) is 19.9 Å². The Morgan fingerprint density at radius 3 is 2.29 bits per heavy atom. The van der Waals surface area contributed by atoms with Crippen LogP contribution in [0.25, 0.3) is 0 Å². The lowest BCUT2D eigenvalue weighted by atomic mass is 9.80. The van der Waals surface area contributed by atoms with Crippen molar-refractivity contribution in [2.45, 2.75) is 31.7 Å². The molecule has 4 rings (SSSR count). The van der Waals surface area contributed by atoms with Crippen molar-refractivity contribution < 1.29 is 18.8 Å². The fraction of sp³-hybridized carbons (Fsp3) is 0.375. The summed E-state index contributed by atoms with van der Waals surface area (Å²) < 4.78 is 13.2. The molecule has 7 heteroatoms. The number of hydrogen-bond donors (Lipinski definition) is 1. The lowest BCUT2D eigenvalue weighted by molar-refractivity contribution is -0.137. The van der Waals surface area contributed by atoms with Gasteiger partial charge in [-0.15, -0.1) is 0 Å². The van der Waals surface area contributed by atoms with E-state index in [4.69, 9.17) is 0 Å². The summed E-state index contributed by atoms with van der Waals surface area (Å²) >= 11 is 0. The summed E-state index contributed by atoms with van der Waals surface area (Å²) in [5.41, 5.74) is 1.15. The van der Waals surface area contributed by atoms with Crippen molar-refractivity contribution in [3.05, 3.63) is 66.0 Å². The molecule has 0 spiro atoms. The van der Waals surface area contributed by atoms with Gasteiger partial charge < -0.3 is 15.1 Å². The Bertz CT molecular complexity index is 969. The molecule has 0 radical (unpaired) electrons. The monoisotopic (exact) mass is 423 g/mol. The number of halogens is 1. The first-order valence-electron chi connectivity index (χ1n) is 10.6. The van der Waals surface area contributed by atoms with Crippen molar-refractivity contribution in [2.75, 3.05) is 24.5 Å². The van der Waals surface area contributed by atoms with Crippen molar-refractivity contribution in [1.29, 1.82) is 0 Å². The van der Waals surface area contributed by atoms with Crippen LogP contribution in [0, 0.1) is 11.7 Å². The van der Waals surface area contributed by atoms with Crippen molar-refractivity contribution in [3.63, 3.8) is 0 Å². The minimum atomic E-state index is -0.491. The molecule has 2 saturated heterocycles. The second-order valence-corrected chi connectivity index (χ2v) is 8.34. The van der Waals surface area contributed by atoms with Crippen LogP contribution in [-0.4, -0.2) is 42.3 Å². The number of nitrogens with zero attached hydrogens (tertiary/aromatic N) is 2. The first-order valence-corrected chi connectivity index (χ1v) is 10.6.